The minimum atomic E-state index is -0.0358. The van der Waals surface area contributed by atoms with Gasteiger partial charge in [-0.15, -0.1) is 0 Å². The summed E-state index contributed by atoms with van der Waals surface area (Å²) in [6.45, 7) is 9.23. The Morgan fingerprint density at radius 1 is 1.17 bits per heavy atom. The second-order valence-electron chi connectivity index (χ2n) is 5.54. The van der Waals surface area contributed by atoms with Gasteiger partial charge in [-0.1, -0.05) is 12.8 Å². The van der Waals surface area contributed by atoms with E-state index < -0.39 is 0 Å². The van der Waals surface area contributed by atoms with Crippen molar-refractivity contribution in [2.24, 2.45) is 10.7 Å². The van der Waals surface area contributed by atoms with Crippen molar-refractivity contribution >= 4 is 11.9 Å². The molecular formula is C13H28N4O. The first kappa shape index (κ1) is 16.7. The molecule has 0 rings (SSSR count). The van der Waals surface area contributed by atoms with Crippen LogP contribution in [0.3, 0.4) is 0 Å². The minimum absolute atomic E-state index is 0.0358. The van der Waals surface area contributed by atoms with Gasteiger partial charge < -0.3 is 16.4 Å². The van der Waals surface area contributed by atoms with Crippen molar-refractivity contribution in [1.29, 1.82) is 0 Å². The highest BCUT2D eigenvalue weighted by molar-refractivity contribution is 5.78. The number of nitrogens with two attached hydrogens (primary N) is 1. The Morgan fingerprint density at radius 2 is 1.78 bits per heavy atom. The average Bonchev–Trinajstić information content (AvgIpc) is 2.18. The van der Waals surface area contributed by atoms with Gasteiger partial charge in [-0.25, -0.2) is 0 Å². The Balaban J connectivity index is 3.44. The summed E-state index contributed by atoms with van der Waals surface area (Å²) in [4.78, 5) is 14.9. The van der Waals surface area contributed by atoms with Crippen LogP contribution in [0, 0.1) is 0 Å². The Hall–Kier alpha value is -1.26. The first-order valence-electron chi connectivity index (χ1n) is 6.64. The standard InChI is InChI=1S/C13H28N4O/c1-11(18)15-9-7-5-6-8-10-16-12(14)17-13(2,3)4/h5-10H2,1-4H3,(H,15,18)(H3,14,16,17). The van der Waals surface area contributed by atoms with Crippen LogP contribution in [0.4, 0.5) is 0 Å². The number of aliphatic imine (C=N–C) groups is 1. The van der Waals surface area contributed by atoms with Crippen LogP contribution in [0.5, 0.6) is 0 Å². The van der Waals surface area contributed by atoms with Gasteiger partial charge in [0.05, 0.1) is 0 Å². The second-order valence-corrected chi connectivity index (χ2v) is 5.54. The Kier molecular flexibility index (Phi) is 8.16. The molecular weight excluding hydrogens is 228 g/mol. The molecule has 18 heavy (non-hydrogen) atoms. The van der Waals surface area contributed by atoms with Crippen LogP contribution in [0.2, 0.25) is 0 Å². The number of carbonyl (C=O) groups is 1. The fourth-order valence-corrected chi connectivity index (χ4v) is 1.48. The van der Waals surface area contributed by atoms with Crippen LogP contribution in [0.1, 0.15) is 53.4 Å². The third-order valence-corrected chi connectivity index (χ3v) is 2.24. The fourth-order valence-electron chi connectivity index (χ4n) is 1.48. The monoisotopic (exact) mass is 256 g/mol. The molecule has 0 aromatic rings. The van der Waals surface area contributed by atoms with E-state index in [1.165, 1.54) is 0 Å². The molecule has 0 bridgehead atoms. The molecule has 0 radical (unpaired) electrons. The van der Waals surface area contributed by atoms with E-state index in [9.17, 15) is 4.79 Å². The molecule has 5 heteroatoms. The van der Waals surface area contributed by atoms with Crippen molar-refractivity contribution in [2.45, 2.75) is 58.9 Å². The highest BCUT2D eigenvalue weighted by Gasteiger charge is 2.09. The van der Waals surface area contributed by atoms with Gasteiger partial charge in [-0.05, 0) is 33.6 Å². The molecule has 0 aliphatic heterocycles. The lowest BCUT2D eigenvalue weighted by Gasteiger charge is -2.20. The normalized spacial score (nSPS) is 12.3. The predicted molar refractivity (Wildman–Crippen MR) is 76.5 cm³/mol. The number of hydrogen-bond acceptors (Lipinski definition) is 2. The van der Waals surface area contributed by atoms with Crippen LogP contribution in [-0.2, 0) is 4.79 Å². The smallest absolute Gasteiger partial charge is 0.216 e. The number of carbonyl (C=O) groups excluding carboxylic acids is 1. The van der Waals surface area contributed by atoms with Gasteiger partial charge in [-0.3, -0.25) is 9.79 Å². The first-order valence-corrected chi connectivity index (χ1v) is 6.64. The third kappa shape index (κ3) is 12.8. The van der Waals surface area contributed by atoms with Gasteiger partial charge in [0.25, 0.3) is 0 Å². The van der Waals surface area contributed by atoms with E-state index in [0.29, 0.717) is 5.96 Å². The van der Waals surface area contributed by atoms with E-state index in [1.807, 2.05) is 0 Å². The predicted octanol–water partition coefficient (Wildman–Crippen LogP) is 1.39. The zero-order valence-electron chi connectivity index (χ0n) is 12.2. The maximum Gasteiger partial charge on any atom is 0.216 e. The zero-order chi connectivity index (χ0) is 14.0. The summed E-state index contributed by atoms with van der Waals surface area (Å²) in [5.41, 5.74) is 5.71. The molecule has 0 aromatic heterocycles. The maximum atomic E-state index is 10.6. The van der Waals surface area contributed by atoms with E-state index in [-0.39, 0.29) is 11.4 Å². The quantitative estimate of drug-likeness (QED) is 0.366. The van der Waals surface area contributed by atoms with Crippen molar-refractivity contribution in [3.05, 3.63) is 0 Å². The molecule has 0 saturated heterocycles. The van der Waals surface area contributed by atoms with Crippen molar-refractivity contribution in [2.75, 3.05) is 13.1 Å². The highest BCUT2D eigenvalue weighted by atomic mass is 16.1. The van der Waals surface area contributed by atoms with Gasteiger partial charge in [0.1, 0.15) is 0 Å². The van der Waals surface area contributed by atoms with Crippen molar-refractivity contribution in [3.63, 3.8) is 0 Å². The molecule has 0 heterocycles. The molecule has 4 N–H and O–H groups in total. The first-order chi connectivity index (χ1) is 8.31. The summed E-state index contributed by atoms with van der Waals surface area (Å²) in [5, 5.41) is 5.91. The second kappa shape index (κ2) is 8.78. The molecule has 1 amide bonds. The Labute approximate surface area is 111 Å². The molecule has 0 saturated carbocycles. The van der Waals surface area contributed by atoms with E-state index >= 15 is 0 Å². The van der Waals surface area contributed by atoms with Crippen molar-refractivity contribution in [1.82, 2.24) is 10.6 Å². The lowest BCUT2D eigenvalue weighted by Crippen LogP contribution is -2.45. The summed E-state index contributed by atoms with van der Waals surface area (Å²) in [5.74, 6) is 0.557. The molecule has 0 fully saturated rings. The molecule has 0 aliphatic carbocycles. The topological polar surface area (TPSA) is 79.5 Å². The molecule has 5 nitrogen and oxygen atoms in total. The average molecular weight is 256 g/mol. The summed E-state index contributed by atoms with van der Waals surface area (Å²) in [6.07, 6.45) is 4.29. The van der Waals surface area contributed by atoms with Crippen LogP contribution >= 0.6 is 0 Å². The summed E-state index contributed by atoms with van der Waals surface area (Å²) in [7, 11) is 0. The number of nitrogens with zero attached hydrogens (tertiary/aromatic N) is 1. The van der Waals surface area contributed by atoms with Gasteiger partial charge in [0.15, 0.2) is 5.96 Å². The number of hydrogen-bond donors (Lipinski definition) is 3. The van der Waals surface area contributed by atoms with E-state index in [4.69, 9.17) is 5.73 Å². The van der Waals surface area contributed by atoms with Crippen molar-refractivity contribution in [3.8, 4) is 0 Å². The van der Waals surface area contributed by atoms with Crippen LogP contribution < -0.4 is 16.4 Å². The fraction of sp³-hybridized carbons (Fsp3) is 0.846. The van der Waals surface area contributed by atoms with Crippen LogP contribution in [-0.4, -0.2) is 30.5 Å². The maximum absolute atomic E-state index is 10.6. The largest absolute Gasteiger partial charge is 0.370 e. The van der Waals surface area contributed by atoms with Gasteiger partial charge in [0.2, 0.25) is 5.91 Å². The number of guanidine groups is 1. The zero-order valence-corrected chi connectivity index (χ0v) is 12.2. The number of amides is 1. The van der Waals surface area contributed by atoms with Crippen molar-refractivity contribution < 1.29 is 4.79 Å². The number of unbranched alkanes of at least 4 members (excludes halogenated alkanes) is 3. The molecule has 106 valence electrons. The lowest BCUT2D eigenvalue weighted by molar-refractivity contribution is -0.118. The molecule has 0 aliphatic rings. The van der Waals surface area contributed by atoms with E-state index in [0.717, 1.165) is 38.8 Å². The molecule has 0 unspecified atom stereocenters. The van der Waals surface area contributed by atoms with Gasteiger partial charge in [-0.2, -0.15) is 0 Å². The van der Waals surface area contributed by atoms with E-state index in [1.54, 1.807) is 6.92 Å². The van der Waals surface area contributed by atoms with Crippen LogP contribution in [0.15, 0.2) is 4.99 Å². The molecule has 0 aromatic carbocycles. The van der Waals surface area contributed by atoms with E-state index in [2.05, 4.69) is 36.4 Å². The third-order valence-electron chi connectivity index (χ3n) is 2.24. The summed E-state index contributed by atoms with van der Waals surface area (Å²) in [6, 6.07) is 0. The summed E-state index contributed by atoms with van der Waals surface area (Å²) < 4.78 is 0. The Bertz CT molecular complexity index is 269. The van der Waals surface area contributed by atoms with Crippen LogP contribution in [0.25, 0.3) is 0 Å². The summed E-state index contributed by atoms with van der Waals surface area (Å²) >= 11 is 0. The highest BCUT2D eigenvalue weighted by Crippen LogP contribution is 2.00. The number of rotatable bonds is 7. The van der Waals surface area contributed by atoms with Gasteiger partial charge in [0, 0.05) is 25.6 Å². The Morgan fingerprint density at radius 3 is 2.33 bits per heavy atom. The molecule has 0 spiro atoms. The lowest BCUT2D eigenvalue weighted by atomic mass is 10.1. The number of nitrogens with one attached hydrogen (secondary N) is 2. The van der Waals surface area contributed by atoms with Gasteiger partial charge >= 0.3 is 0 Å². The SMILES string of the molecule is CC(=O)NCCCCCCN=C(N)NC(C)(C)C. The minimum Gasteiger partial charge on any atom is -0.370 e. The molecule has 0 atom stereocenters.